The quantitative estimate of drug-likeness (QED) is 0.819. The summed E-state index contributed by atoms with van der Waals surface area (Å²) in [5.74, 6) is -1.22. The molecule has 18 heavy (non-hydrogen) atoms. The standard InChI is InChI=1S/C13H15NO4/c15-11-4-6-14(7-5-11)12(16)9-2-1-3-10(8-9)13(17)18/h1-3,8,11,15H,4-7H2,(H,17,18). The zero-order valence-electron chi connectivity index (χ0n) is 9.87. The monoisotopic (exact) mass is 249 g/mol. The molecule has 1 aliphatic heterocycles. The molecule has 1 aliphatic rings. The Morgan fingerprint density at radius 2 is 1.78 bits per heavy atom. The topological polar surface area (TPSA) is 77.8 Å². The van der Waals surface area contributed by atoms with Crippen molar-refractivity contribution in [2.75, 3.05) is 13.1 Å². The number of likely N-dealkylation sites (tertiary alicyclic amines) is 1. The van der Waals surface area contributed by atoms with E-state index in [0.717, 1.165) is 0 Å². The first-order chi connectivity index (χ1) is 8.58. The van der Waals surface area contributed by atoms with Gasteiger partial charge in [-0.15, -0.1) is 0 Å². The van der Waals surface area contributed by atoms with E-state index in [1.807, 2.05) is 0 Å². The number of piperidine rings is 1. The number of aliphatic hydroxyl groups is 1. The van der Waals surface area contributed by atoms with Gasteiger partial charge in [0.2, 0.25) is 0 Å². The second kappa shape index (κ2) is 5.18. The van der Waals surface area contributed by atoms with Crippen molar-refractivity contribution in [3.63, 3.8) is 0 Å². The molecule has 0 unspecified atom stereocenters. The summed E-state index contributed by atoms with van der Waals surface area (Å²) in [5, 5.41) is 18.3. The number of amides is 1. The van der Waals surface area contributed by atoms with Crippen molar-refractivity contribution < 1.29 is 19.8 Å². The van der Waals surface area contributed by atoms with Gasteiger partial charge in [-0.1, -0.05) is 6.07 Å². The van der Waals surface area contributed by atoms with Gasteiger partial charge in [0.15, 0.2) is 0 Å². The highest BCUT2D eigenvalue weighted by atomic mass is 16.4. The number of carbonyl (C=O) groups is 2. The van der Waals surface area contributed by atoms with Crippen molar-refractivity contribution in [2.24, 2.45) is 0 Å². The van der Waals surface area contributed by atoms with E-state index in [1.165, 1.54) is 12.1 Å². The molecule has 0 spiro atoms. The van der Waals surface area contributed by atoms with Gasteiger partial charge in [-0.2, -0.15) is 0 Å². The van der Waals surface area contributed by atoms with Crippen molar-refractivity contribution in [1.29, 1.82) is 0 Å². The van der Waals surface area contributed by atoms with Crippen LogP contribution in [0.5, 0.6) is 0 Å². The van der Waals surface area contributed by atoms with Crippen LogP contribution in [-0.4, -0.2) is 46.2 Å². The Kier molecular flexibility index (Phi) is 3.62. The highest BCUT2D eigenvalue weighted by Gasteiger charge is 2.22. The number of nitrogens with zero attached hydrogens (tertiary/aromatic N) is 1. The average molecular weight is 249 g/mol. The van der Waals surface area contributed by atoms with Crippen LogP contribution in [0.25, 0.3) is 0 Å². The van der Waals surface area contributed by atoms with Crippen molar-refractivity contribution in [3.8, 4) is 0 Å². The fourth-order valence-electron chi connectivity index (χ4n) is 2.04. The summed E-state index contributed by atoms with van der Waals surface area (Å²) in [5.41, 5.74) is 0.490. The average Bonchev–Trinajstić information content (AvgIpc) is 2.39. The lowest BCUT2D eigenvalue weighted by Gasteiger charge is -2.29. The van der Waals surface area contributed by atoms with E-state index < -0.39 is 5.97 Å². The summed E-state index contributed by atoms with van der Waals surface area (Å²) in [6.07, 6.45) is 0.814. The number of aromatic carboxylic acids is 1. The number of hydrogen-bond donors (Lipinski definition) is 2. The fraction of sp³-hybridized carbons (Fsp3) is 0.385. The number of carboxylic acids is 1. The fourth-order valence-corrected chi connectivity index (χ4v) is 2.04. The molecule has 1 saturated heterocycles. The molecule has 1 aromatic carbocycles. The van der Waals surface area contributed by atoms with E-state index in [2.05, 4.69) is 0 Å². The molecule has 0 saturated carbocycles. The van der Waals surface area contributed by atoms with E-state index in [-0.39, 0.29) is 17.6 Å². The number of aliphatic hydroxyl groups excluding tert-OH is 1. The van der Waals surface area contributed by atoms with Crippen LogP contribution in [0.1, 0.15) is 33.6 Å². The van der Waals surface area contributed by atoms with E-state index >= 15 is 0 Å². The lowest BCUT2D eigenvalue weighted by atomic mass is 10.1. The van der Waals surface area contributed by atoms with Gasteiger partial charge in [0.1, 0.15) is 0 Å². The Hall–Kier alpha value is -1.88. The van der Waals surface area contributed by atoms with Gasteiger partial charge >= 0.3 is 5.97 Å². The molecule has 5 nitrogen and oxygen atoms in total. The van der Waals surface area contributed by atoms with E-state index in [4.69, 9.17) is 5.11 Å². The van der Waals surface area contributed by atoms with E-state index in [9.17, 15) is 14.7 Å². The molecule has 2 N–H and O–H groups in total. The lowest BCUT2D eigenvalue weighted by molar-refractivity contribution is 0.0546. The molecule has 1 heterocycles. The molecule has 1 aromatic rings. The summed E-state index contributed by atoms with van der Waals surface area (Å²) >= 11 is 0. The molecule has 5 heteroatoms. The minimum Gasteiger partial charge on any atom is -0.478 e. The molecule has 0 aliphatic carbocycles. The van der Waals surface area contributed by atoms with Gasteiger partial charge in [-0.25, -0.2) is 4.79 Å². The molecule has 0 bridgehead atoms. The highest BCUT2D eigenvalue weighted by molar-refractivity contribution is 5.97. The van der Waals surface area contributed by atoms with Crippen LogP contribution in [0.3, 0.4) is 0 Å². The highest BCUT2D eigenvalue weighted by Crippen LogP contribution is 2.14. The van der Waals surface area contributed by atoms with Gasteiger partial charge in [-0.3, -0.25) is 4.79 Å². The second-order valence-corrected chi connectivity index (χ2v) is 4.41. The first-order valence-electron chi connectivity index (χ1n) is 5.88. The van der Waals surface area contributed by atoms with Gasteiger partial charge < -0.3 is 15.1 Å². The third-order valence-corrected chi connectivity index (χ3v) is 3.11. The maximum absolute atomic E-state index is 12.1. The molecule has 0 atom stereocenters. The maximum Gasteiger partial charge on any atom is 0.335 e. The van der Waals surface area contributed by atoms with Crippen molar-refractivity contribution in [1.82, 2.24) is 4.90 Å². The van der Waals surface area contributed by atoms with E-state index in [1.54, 1.807) is 17.0 Å². The van der Waals surface area contributed by atoms with Crippen LogP contribution >= 0.6 is 0 Å². The molecule has 0 aromatic heterocycles. The number of carbonyl (C=O) groups excluding carboxylic acids is 1. The Balaban J connectivity index is 2.13. The Bertz CT molecular complexity index is 464. The van der Waals surface area contributed by atoms with Gasteiger partial charge in [-0.05, 0) is 31.0 Å². The smallest absolute Gasteiger partial charge is 0.335 e. The zero-order valence-corrected chi connectivity index (χ0v) is 9.87. The first kappa shape index (κ1) is 12.6. The van der Waals surface area contributed by atoms with Crippen molar-refractivity contribution in [2.45, 2.75) is 18.9 Å². The number of hydrogen-bond acceptors (Lipinski definition) is 3. The molecule has 96 valence electrons. The lowest BCUT2D eigenvalue weighted by Crippen LogP contribution is -2.40. The normalized spacial score (nSPS) is 16.6. The van der Waals surface area contributed by atoms with Crippen molar-refractivity contribution >= 4 is 11.9 Å². The van der Waals surface area contributed by atoms with Crippen LogP contribution in [0.4, 0.5) is 0 Å². The molecular weight excluding hydrogens is 234 g/mol. The van der Waals surface area contributed by atoms with Crippen LogP contribution < -0.4 is 0 Å². The van der Waals surface area contributed by atoms with E-state index in [0.29, 0.717) is 31.5 Å². The Morgan fingerprint density at radius 3 is 2.39 bits per heavy atom. The summed E-state index contributed by atoms with van der Waals surface area (Å²) in [6, 6.07) is 6.02. The van der Waals surface area contributed by atoms with Crippen LogP contribution in [-0.2, 0) is 0 Å². The molecule has 1 fully saturated rings. The van der Waals surface area contributed by atoms with Gasteiger partial charge in [0.25, 0.3) is 5.91 Å². The number of carboxylic acid groups (broad SMARTS) is 1. The van der Waals surface area contributed by atoms with Gasteiger partial charge in [0, 0.05) is 18.7 Å². The third-order valence-electron chi connectivity index (χ3n) is 3.11. The summed E-state index contributed by atoms with van der Waals surface area (Å²) in [4.78, 5) is 24.6. The molecule has 0 radical (unpaired) electrons. The Labute approximate surface area is 105 Å². The predicted molar refractivity (Wildman–Crippen MR) is 64.5 cm³/mol. The van der Waals surface area contributed by atoms with Crippen LogP contribution in [0.2, 0.25) is 0 Å². The van der Waals surface area contributed by atoms with Crippen LogP contribution in [0.15, 0.2) is 24.3 Å². The SMILES string of the molecule is O=C(O)c1cccc(C(=O)N2CCC(O)CC2)c1. The largest absolute Gasteiger partial charge is 0.478 e. The summed E-state index contributed by atoms with van der Waals surface area (Å²) < 4.78 is 0. The summed E-state index contributed by atoms with van der Waals surface area (Å²) in [6.45, 7) is 1.02. The van der Waals surface area contributed by atoms with Crippen molar-refractivity contribution in [3.05, 3.63) is 35.4 Å². The molecular formula is C13H15NO4. The third kappa shape index (κ3) is 2.68. The first-order valence-corrected chi connectivity index (χ1v) is 5.88. The number of benzene rings is 1. The molecule has 1 amide bonds. The number of rotatable bonds is 2. The second-order valence-electron chi connectivity index (χ2n) is 4.41. The maximum atomic E-state index is 12.1. The summed E-state index contributed by atoms with van der Waals surface area (Å²) in [7, 11) is 0. The zero-order chi connectivity index (χ0) is 13.1. The molecule has 2 rings (SSSR count). The van der Waals surface area contributed by atoms with Crippen LogP contribution in [0, 0.1) is 0 Å². The minimum atomic E-state index is -1.04. The van der Waals surface area contributed by atoms with Gasteiger partial charge in [0.05, 0.1) is 11.7 Å². The predicted octanol–water partition coefficient (Wildman–Crippen LogP) is 0.982. The minimum absolute atomic E-state index is 0.109. The Morgan fingerprint density at radius 1 is 1.17 bits per heavy atom.